The molecule has 0 bridgehead atoms. The molecular formula is C18H18ClN5OS. The molecule has 1 aromatic carbocycles. The van der Waals surface area contributed by atoms with Crippen LogP contribution in [0, 0.1) is 0 Å². The quantitative estimate of drug-likeness (QED) is 0.657. The summed E-state index contributed by atoms with van der Waals surface area (Å²) in [7, 11) is 1.88. The second kappa shape index (κ2) is 8.33. The number of nitrogens with zero attached hydrogens (tertiary/aromatic N) is 4. The van der Waals surface area contributed by atoms with Gasteiger partial charge in [0.15, 0.2) is 11.0 Å². The fourth-order valence-corrected chi connectivity index (χ4v) is 3.39. The lowest BCUT2D eigenvalue weighted by atomic mass is 10.2. The van der Waals surface area contributed by atoms with Gasteiger partial charge in [0, 0.05) is 36.6 Å². The molecule has 2 aromatic heterocycles. The van der Waals surface area contributed by atoms with Crippen molar-refractivity contribution in [3.63, 3.8) is 0 Å². The fourth-order valence-electron chi connectivity index (χ4n) is 2.35. The Bertz CT molecular complexity index is 900. The van der Waals surface area contributed by atoms with E-state index < -0.39 is 0 Å². The smallest absolute Gasteiger partial charge is 0.233 e. The Morgan fingerprint density at radius 3 is 2.69 bits per heavy atom. The first-order chi connectivity index (χ1) is 12.6. The molecule has 1 N–H and O–H groups in total. The molecule has 6 nitrogen and oxygen atoms in total. The fraction of sp³-hybridized carbons (Fsp3) is 0.222. The Hall–Kier alpha value is -2.38. The highest BCUT2D eigenvalue weighted by Gasteiger charge is 2.19. The van der Waals surface area contributed by atoms with Crippen molar-refractivity contribution in [3.05, 3.63) is 59.4 Å². The second-order valence-corrected chi connectivity index (χ2v) is 7.39. The summed E-state index contributed by atoms with van der Waals surface area (Å²) >= 11 is 7.48. The van der Waals surface area contributed by atoms with Crippen LogP contribution >= 0.6 is 23.4 Å². The summed E-state index contributed by atoms with van der Waals surface area (Å²) in [5.41, 5.74) is 1.82. The standard InChI is InChI=1S/C18H18ClN5OS/c1-12(17(25)21-11-14-5-3-4-6-15(14)19)26-18-23-22-16(24(18)2)13-7-9-20-10-8-13/h3-10,12H,11H2,1-2H3,(H,21,25)/t12-/m1/s1. The van der Waals surface area contributed by atoms with E-state index in [2.05, 4.69) is 20.5 Å². The second-order valence-electron chi connectivity index (χ2n) is 5.67. The van der Waals surface area contributed by atoms with E-state index in [1.54, 1.807) is 18.5 Å². The zero-order valence-corrected chi connectivity index (χ0v) is 16.0. The maximum Gasteiger partial charge on any atom is 0.233 e. The Balaban J connectivity index is 1.63. The molecule has 8 heteroatoms. The number of hydrogen-bond donors (Lipinski definition) is 1. The maximum atomic E-state index is 12.4. The lowest BCUT2D eigenvalue weighted by molar-refractivity contribution is -0.120. The molecule has 0 spiro atoms. The number of thioether (sulfide) groups is 1. The van der Waals surface area contributed by atoms with Crippen molar-refractivity contribution in [2.75, 3.05) is 0 Å². The number of pyridine rings is 1. The number of amides is 1. The molecule has 0 fully saturated rings. The van der Waals surface area contributed by atoms with E-state index in [9.17, 15) is 4.79 Å². The van der Waals surface area contributed by atoms with Crippen LogP contribution in [0.3, 0.4) is 0 Å². The molecule has 0 aliphatic carbocycles. The minimum absolute atomic E-state index is 0.0802. The molecule has 2 heterocycles. The molecule has 0 unspecified atom stereocenters. The van der Waals surface area contributed by atoms with Crippen LogP contribution in [0.25, 0.3) is 11.4 Å². The summed E-state index contributed by atoms with van der Waals surface area (Å²) in [4.78, 5) is 16.4. The van der Waals surface area contributed by atoms with Gasteiger partial charge in [-0.25, -0.2) is 0 Å². The van der Waals surface area contributed by atoms with Gasteiger partial charge in [-0.1, -0.05) is 41.6 Å². The number of aromatic nitrogens is 4. The highest BCUT2D eigenvalue weighted by Crippen LogP contribution is 2.25. The van der Waals surface area contributed by atoms with E-state index in [0.717, 1.165) is 17.0 Å². The summed E-state index contributed by atoms with van der Waals surface area (Å²) in [6.07, 6.45) is 3.42. The van der Waals surface area contributed by atoms with E-state index >= 15 is 0 Å². The van der Waals surface area contributed by atoms with Crippen molar-refractivity contribution in [1.29, 1.82) is 0 Å². The largest absolute Gasteiger partial charge is 0.351 e. The van der Waals surface area contributed by atoms with E-state index in [4.69, 9.17) is 11.6 Å². The zero-order valence-electron chi connectivity index (χ0n) is 14.4. The normalized spacial score (nSPS) is 12.0. The highest BCUT2D eigenvalue weighted by molar-refractivity contribution is 8.00. The summed E-state index contributed by atoms with van der Waals surface area (Å²) in [6.45, 7) is 2.23. The van der Waals surface area contributed by atoms with Crippen molar-refractivity contribution in [2.24, 2.45) is 7.05 Å². The van der Waals surface area contributed by atoms with Gasteiger partial charge in [-0.05, 0) is 30.7 Å². The third kappa shape index (κ3) is 4.23. The molecule has 0 saturated carbocycles. The summed E-state index contributed by atoms with van der Waals surface area (Å²) in [5.74, 6) is 0.655. The molecule has 0 aliphatic rings. The van der Waals surface area contributed by atoms with Crippen molar-refractivity contribution in [1.82, 2.24) is 25.1 Å². The molecule has 0 aliphatic heterocycles. The number of nitrogens with one attached hydrogen (secondary N) is 1. The highest BCUT2D eigenvalue weighted by atomic mass is 35.5. The van der Waals surface area contributed by atoms with Gasteiger partial charge in [0.2, 0.25) is 5.91 Å². The Kier molecular flexibility index (Phi) is 5.90. The number of rotatable bonds is 6. The predicted octanol–water partition coefficient (Wildman–Crippen LogP) is 3.33. The van der Waals surface area contributed by atoms with Crippen LogP contribution in [0.1, 0.15) is 12.5 Å². The topological polar surface area (TPSA) is 72.7 Å². The molecule has 1 atom stereocenters. The van der Waals surface area contributed by atoms with Gasteiger partial charge in [-0.3, -0.25) is 9.78 Å². The summed E-state index contributed by atoms with van der Waals surface area (Å²) in [5, 5.41) is 12.3. The average Bonchev–Trinajstić information content (AvgIpc) is 3.02. The van der Waals surface area contributed by atoms with Crippen molar-refractivity contribution < 1.29 is 4.79 Å². The van der Waals surface area contributed by atoms with Crippen LogP contribution in [0.2, 0.25) is 5.02 Å². The third-order valence-corrected chi connectivity index (χ3v) is 5.34. The lowest BCUT2D eigenvalue weighted by Crippen LogP contribution is -2.30. The van der Waals surface area contributed by atoms with Gasteiger partial charge < -0.3 is 9.88 Å². The molecule has 1 amide bonds. The van der Waals surface area contributed by atoms with Gasteiger partial charge in [0.05, 0.1) is 5.25 Å². The number of hydrogen-bond acceptors (Lipinski definition) is 5. The van der Waals surface area contributed by atoms with Crippen molar-refractivity contribution in [2.45, 2.75) is 23.9 Å². The predicted molar refractivity (Wildman–Crippen MR) is 103 cm³/mol. The molecule has 26 heavy (non-hydrogen) atoms. The van der Waals surface area contributed by atoms with Crippen molar-refractivity contribution >= 4 is 29.3 Å². The van der Waals surface area contributed by atoms with Crippen LogP contribution in [-0.2, 0) is 18.4 Å². The van der Waals surface area contributed by atoms with E-state index in [1.165, 1.54) is 11.8 Å². The molecule has 3 rings (SSSR count). The molecule has 134 valence electrons. The van der Waals surface area contributed by atoms with Crippen LogP contribution in [0.5, 0.6) is 0 Å². The number of carbonyl (C=O) groups excluding carboxylic acids is 1. The summed E-state index contributed by atoms with van der Waals surface area (Å²) in [6, 6.07) is 11.2. The summed E-state index contributed by atoms with van der Waals surface area (Å²) < 4.78 is 1.87. The number of halogens is 1. The molecular weight excluding hydrogens is 370 g/mol. The molecule has 0 saturated heterocycles. The van der Waals surface area contributed by atoms with Gasteiger partial charge in [0.25, 0.3) is 0 Å². The third-order valence-electron chi connectivity index (χ3n) is 3.84. The first-order valence-electron chi connectivity index (χ1n) is 8.04. The van der Waals surface area contributed by atoms with Crippen molar-refractivity contribution in [3.8, 4) is 11.4 Å². The maximum absolute atomic E-state index is 12.4. The average molecular weight is 388 g/mol. The Morgan fingerprint density at radius 2 is 1.96 bits per heavy atom. The Labute approximate surface area is 161 Å². The van der Waals surface area contributed by atoms with E-state index in [1.807, 2.05) is 48.9 Å². The van der Waals surface area contributed by atoms with Crippen LogP contribution in [-0.4, -0.2) is 30.9 Å². The monoisotopic (exact) mass is 387 g/mol. The number of carbonyl (C=O) groups is 1. The minimum atomic E-state index is -0.314. The zero-order chi connectivity index (χ0) is 18.5. The minimum Gasteiger partial charge on any atom is -0.351 e. The van der Waals surface area contributed by atoms with E-state index in [0.29, 0.717) is 16.7 Å². The SMILES string of the molecule is C[C@@H](Sc1nnc(-c2ccncc2)n1C)C(=O)NCc1ccccc1Cl. The molecule has 0 radical (unpaired) electrons. The van der Waals surface area contributed by atoms with Gasteiger partial charge in [0.1, 0.15) is 0 Å². The van der Waals surface area contributed by atoms with Gasteiger partial charge in [-0.15, -0.1) is 10.2 Å². The van der Waals surface area contributed by atoms with Crippen LogP contribution in [0.15, 0.2) is 53.9 Å². The van der Waals surface area contributed by atoms with E-state index in [-0.39, 0.29) is 11.2 Å². The molecule has 3 aromatic rings. The first kappa shape index (κ1) is 18.4. The van der Waals surface area contributed by atoms with Crippen LogP contribution < -0.4 is 5.32 Å². The van der Waals surface area contributed by atoms with Gasteiger partial charge >= 0.3 is 0 Å². The van der Waals surface area contributed by atoms with Crippen LogP contribution in [0.4, 0.5) is 0 Å². The van der Waals surface area contributed by atoms with Gasteiger partial charge in [-0.2, -0.15) is 0 Å². The Morgan fingerprint density at radius 1 is 1.23 bits per heavy atom. The lowest BCUT2D eigenvalue weighted by Gasteiger charge is -2.12. The number of benzene rings is 1. The first-order valence-corrected chi connectivity index (χ1v) is 9.29.